The second-order valence-electron chi connectivity index (χ2n) is 1.84. The normalized spacial score (nSPS) is 9.64. The van der Waals surface area contributed by atoms with E-state index in [1.54, 1.807) is 0 Å². The van der Waals surface area contributed by atoms with E-state index >= 15 is 0 Å². The highest BCUT2D eigenvalue weighted by Gasteiger charge is 2.03. The lowest BCUT2D eigenvalue weighted by atomic mass is 10.3. The molecule has 0 unspecified atom stereocenters. The molecular formula is C6H5Cl2N3. The number of rotatable bonds is 1. The Balaban J connectivity index is 3.20. The van der Waals surface area contributed by atoms with Gasteiger partial charge in [-0.25, -0.2) is 9.97 Å². The maximum atomic E-state index is 5.56. The van der Waals surface area contributed by atoms with E-state index in [1.807, 2.05) is 0 Å². The van der Waals surface area contributed by atoms with Gasteiger partial charge in [0, 0.05) is 11.2 Å². The minimum atomic E-state index is 0.101. The van der Waals surface area contributed by atoms with Gasteiger partial charge in [-0.05, 0) is 11.6 Å². The highest BCUT2D eigenvalue weighted by Crippen LogP contribution is 2.20. The van der Waals surface area contributed by atoms with Crippen molar-refractivity contribution in [2.75, 3.05) is 5.73 Å². The Kier molecular flexibility index (Phi) is 2.31. The molecule has 3 nitrogen and oxygen atoms in total. The van der Waals surface area contributed by atoms with Crippen LogP contribution in [0.25, 0.3) is 5.03 Å². The van der Waals surface area contributed by atoms with Gasteiger partial charge in [0.25, 0.3) is 0 Å². The lowest BCUT2D eigenvalue weighted by Crippen LogP contribution is -1.96. The van der Waals surface area contributed by atoms with Crippen LogP contribution < -0.4 is 5.73 Å². The molecule has 0 saturated heterocycles. The number of anilines is 1. The fourth-order valence-corrected chi connectivity index (χ4v) is 0.867. The molecule has 0 spiro atoms. The molecule has 0 saturated carbocycles. The largest absolute Gasteiger partial charge is 0.383 e. The van der Waals surface area contributed by atoms with E-state index in [2.05, 4.69) is 16.5 Å². The molecule has 0 bridgehead atoms. The predicted molar refractivity (Wildman–Crippen MR) is 46.3 cm³/mol. The van der Waals surface area contributed by atoms with E-state index < -0.39 is 0 Å². The topological polar surface area (TPSA) is 51.8 Å². The fourth-order valence-electron chi connectivity index (χ4n) is 0.581. The zero-order chi connectivity index (χ0) is 8.43. The molecule has 1 aromatic heterocycles. The molecule has 0 aliphatic rings. The summed E-state index contributed by atoms with van der Waals surface area (Å²) in [5.74, 6) is 0.241. The van der Waals surface area contributed by atoms with Crippen LogP contribution in [0.1, 0.15) is 5.56 Å². The van der Waals surface area contributed by atoms with E-state index in [0.717, 1.165) is 0 Å². The van der Waals surface area contributed by atoms with Gasteiger partial charge in [-0.1, -0.05) is 18.2 Å². The van der Waals surface area contributed by atoms with Crippen LogP contribution in [-0.4, -0.2) is 9.97 Å². The first-order valence-electron chi connectivity index (χ1n) is 2.74. The van der Waals surface area contributed by atoms with Gasteiger partial charge < -0.3 is 5.73 Å². The lowest BCUT2D eigenvalue weighted by molar-refractivity contribution is 1.17. The number of nitrogens with two attached hydrogens (primary N) is 1. The number of aromatic nitrogens is 2. The Bertz CT molecular complexity index is 298. The second-order valence-corrected chi connectivity index (χ2v) is 2.64. The summed E-state index contributed by atoms with van der Waals surface area (Å²) in [6, 6.07) is 0. The summed E-state index contributed by atoms with van der Waals surface area (Å²) in [7, 11) is 0. The van der Waals surface area contributed by atoms with Crippen LogP contribution in [0.15, 0.2) is 12.8 Å². The summed E-state index contributed by atoms with van der Waals surface area (Å²) in [4.78, 5) is 7.37. The van der Waals surface area contributed by atoms with Crippen LogP contribution >= 0.6 is 23.2 Å². The molecule has 1 heterocycles. The van der Waals surface area contributed by atoms with Gasteiger partial charge in [0.1, 0.15) is 5.82 Å². The lowest BCUT2D eigenvalue weighted by Gasteiger charge is -1.99. The van der Waals surface area contributed by atoms with Crippen molar-refractivity contribution in [2.24, 2.45) is 0 Å². The Morgan fingerprint density at radius 1 is 1.64 bits per heavy atom. The number of halogens is 2. The summed E-state index contributed by atoms with van der Waals surface area (Å²) in [6.45, 7) is 3.48. The van der Waals surface area contributed by atoms with E-state index in [1.165, 1.54) is 6.20 Å². The number of hydrogen-bond donors (Lipinski definition) is 1. The molecule has 2 N–H and O–H groups in total. The van der Waals surface area contributed by atoms with Crippen molar-refractivity contribution in [3.63, 3.8) is 0 Å². The maximum Gasteiger partial charge on any atom is 0.224 e. The minimum Gasteiger partial charge on any atom is -0.383 e. The molecule has 0 amide bonds. The SMILES string of the molecule is C=C(Cl)c1cnc(Cl)nc1N. The minimum absolute atomic E-state index is 0.101. The van der Waals surface area contributed by atoms with Crippen LogP contribution in [0.5, 0.6) is 0 Å². The summed E-state index contributed by atoms with van der Waals surface area (Å²) < 4.78 is 0. The van der Waals surface area contributed by atoms with E-state index in [9.17, 15) is 0 Å². The van der Waals surface area contributed by atoms with Gasteiger partial charge in [0.2, 0.25) is 5.28 Å². The quantitative estimate of drug-likeness (QED) is 0.688. The second kappa shape index (κ2) is 3.07. The molecule has 0 fully saturated rings. The summed E-state index contributed by atoms with van der Waals surface area (Å²) in [6.07, 6.45) is 1.43. The Labute approximate surface area is 73.9 Å². The first kappa shape index (κ1) is 8.30. The van der Waals surface area contributed by atoms with Crippen molar-refractivity contribution in [1.29, 1.82) is 0 Å². The molecule has 11 heavy (non-hydrogen) atoms. The van der Waals surface area contributed by atoms with Crippen LogP contribution in [0.4, 0.5) is 5.82 Å². The molecule has 0 atom stereocenters. The molecule has 1 aromatic rings. The smallest absolute Gasteiger partial charge is 0.224 e. The Morgan fingerprint density at radius 3 is 2.73 bits per heavy atom. The van der Waals surface area contributed by atoms with Gasteiger partial charge in [0.05, 0.1) is 5.56 Å². The standard InChI is InChI=1S/C6H5Cl2N3/c1-3(7)4-2-10-6(8)11-5(4)9/h2H,1H2,(H2,9,10,11). The first-order chi connectivity index (χ1) is 5.11. The van der Waals surface area contributed by atoms with Gasteiger partial charge in [-0.2, -0.15) is 0 Å². The van der Waals surface area contributed by atoms with Crippen LogP contribution in [-0.2, 0) is 0 Å². The third kappa shape index (κ3) is 1.82. The molecule has 0 aliphatic heterocycles. The zero-order valence-corrected chi connectivity index (χ0v) is 7.02. The van der Waals surface area contributed by atoms with Gasteiger partial charge in [-0.15, -0.1) is 0 Å². The molecule has 0 radical (unpaired) electrons. The zero-order valence-electron chi connectivity index (χ0n) is 5.51. The Morgan fingerprint density at radius 2 is 2.27 bits per heavy atom. The average Bonchev–Trinajstić information content (AvgIpc) is 1.85. The van der Waals surface area contributed by atoms with Crippen molar-refractivity contribution in [1.82, 2.24) is 9.97 Å². The Hall–Kier alpha value is -0.800. The molecule has 0 aliphatic carbocycles. The third-order valence-electron chi connectivity index (χ3n) is 1.08. The van der Waals surface area contributed by atoms with Gasteiger partial charge >= 0.3 is 0 Å². The highest BCUT2D eigenvalue weighted by atomic mass is 35.5. The fraction of sp³-hybridized carbons (Fsp3) is 0. The van der Waals surface area contributed by atoms with Crippen molar-refractivity contribution in [2.45, 2.75) is 0 Å². The monoisotopic (exact) mass is 189 g/mol. The van der Waals surface area contributed by atoms with Crippen molar-refractivity contribution >= 4 is 34.1 Å². The summed E-state index contributed by atoms with van der Waals surface area (Å²) >= 11 is 11.0. The number of hydrogen-bond acceptors (Lipinski definition) is 3. The molecule has 1 rings (SSSR count). The molecular weight excluding hydrogens is 185 g/mol. The van der Waals surface area contributed by atoms with Crippen LogP contribution in [0.3, 0.4) is 0 Å². The molecule has 5 heteroatoms. The number of nitrogen functional groups attached to an aromatic ring is 1. The van der Waals surface area contributed by atoms with E-state index in [4.69, 9.17) is 28.9 Å². The van der Waals surface area contributed by atoms with Gasteiger partial charge in [-0.3, -0.25) is 0 Å². The van der Waals surface area contributed by atoms with E-state index in [0.29, 0.717) is 10.6 Å². The average molecular weight is 190 g/mol. The highest BCUT2D eigenvalue weighted by molar-refractivity contribution is 6.48. The van der Waals surface area contributed by atoms with Gasteiger partial charge in [0.15, 0.2) is 0 Å². The van der Waals surface area contributed by atoms with Crippen LogP contribution in [0, 0.1) is 0 Å². The third-order valence-corrected chi connectivity index (χ3v) is 1.47. The maximum absolute atomic E-state index is 5.56. The van der Waals surface area contributed by atoms with Crippen molar-refractivity contribution in [3.8, 4) is 0 Å². The van der Waals surface area contributed by atoms with E-state index in [-0.39, 0.29) is 11.1 Å². The predicted octanol–water partition coefficient (Wildman–Crippen LogP) is 1.92. The van der Waals surface area contributed by atoms with Crippen LogP contribution in [0.2, 0.25) is 5.28 Å². The summed E-state index contributed by atoms with van der Waals surface area (Å²) in [5.41, 5.74) is 5.95. The summed E-state index contributed by atoms with van der Waals surface area (Å²) in [5, 5.41) is 0.406. The molecule has 0 aromatic carbocycles. The number of nitrogens with zero attached hydrogens (tertiary/aromatic N) is 2. The van der Waals surface area contributed by atoms with Crippen molar-refractivity contribution in [3.05, 3.63) is 23.6 Å². The molecule has 58 valence electrons. The first-order valence-corrected chi connectivity index (χ1v) is 3.49. The van der Waals surface area contributed by atoms with Crippen molar-refractivity contribution < 1.29 is 0 Å².